The van der Waals surface area contributed by atoms with Crippen LogP contribution in [-0.4, -0.2) is 36.3 Å². The molecule has 0 unspecified atom stereocenters. The molecule has 4 aromatic rings. The van der Waals surface area contributed by atoms with Gasteiger partial charge in [-0.3, -0.25) is 19.8 Å². The molecule has 194 valence electrons. The van der Waals surface area contributed by atoms with Gasteiger partial charge in [0.2, 0.25) is 6.79 Å². The summed E-state index contributed by atoms with van der Waals surface area (Å²) in [6, 6.07) is 19.6. The Bertz CT molecular complexity index is 1530. The van der Waals surface area contributed by atoms with Crippen LogP contribution in [0, 0.1) is 0 Å². The highest BCUT2D eigenvalue weighted by molar-refractivity contribution is 6.38. The molecule has 10 heteroatoms. The summed E-state index contributed by atoms with van der Waals surface area (Å²) in [7, 11) is 1.49. The zero-order valence-corrected chi connectivity index (χ0v) is 20.9. The summed E-state index contributed by atoms with van der Waals surface area (Å²) in [6.45, 7) is 2.29. The Morgan fingerprint density at radius 3 is 2.45 bits per heavy atom. The van der Waals surface area contributed by atoms with E-state index in [4.69, 9.17) is 14.2 Å². The summed E-state index contributed by atoms with van der Waals surface area (Å²) >= 11 is 0. The molecule has 0 spiro atoms. The molecular weight excluding hydrogens is 488 g/mol. The van der Waals surface area contributed by atoms with Crippen LogP contribution in [0.15, 0.2) is 66.7 Å². The third kappa shape index (κ3) is 4.96. The Hall–Kier alpha value is -4.99. The number of rotatable bonds is 7. The molecule has 0 bridgehead atoms. The summed E-state index contributed by atoms with van der Waals surface area (Å²) in [4.78, 5) is 38.8. The molecule has 1 aromatic heterocycles. The van der Waals surface area contributed by atoms with Crippen molar-refractivity contribution in [2.24, 2.45) is 0 Å². The fourth-order valence-electron chi connectivity index (χ4n) is 4.16. The highest BCUT2D eigenvalue weighted by Crippen LogP contribution is 2.32. The number of fused-ring (bicyclic) bond motifs is 2. The third-order valence-corrected chi connectivity index (χ3v) is 6.17. The first-order valence-corrected chi connectivity index (χ1v) is 12.0. The first kappa shape index (κ1) is 24.7. The number of carbonyl (C=O) groups excluding carboxylic acids is 3. The van der Waals surface area contributed by atoms with Gasteiger partial charge in [-0.1, -0.05) is 37.3 Å². The van der Waals surface area contributed by atoms with Crippen LogP contribution in [0.5, 0.6) is 17.2 Å². The molecule has 0 radical (unpaired) electrons. The van der Waals surface area contributed by atoms with Crippen LogP contribution < -0.4 is 30.3 Å². The Balaban J connectivity index is 1.36. The summed E-state index contributed by atoms with van der Waals surface area (Å²) in [5, 5.41) is 6.08. The summed E-state index contributed by atoms with van der Waals surface area (Å²) in [5.41, 5.74) is 5.59. The Labute approximate surface area is 218 Å². The second-order valence-corrected chi connectivity index (χ2v) is 8.58. The number of para-hydroxylation sites is 1. The monoisotopic (exact) mass is 514 g/mol. The van der Waals surface area contributed by atoms with Crippen molar-refractivity contribution >= 4 is 34.3 Å². The molecule has 1 aliphatic heterocycles. The van der Waals surface area contributed by atoms with Crippen LogP contribution in [-0.2, 0) is 22.6 Å². The highest BCUT2D eigenvalue weighted by atomic mass is 16.7. The van der Waals surface area contributed by atoms with Crippen molar-refractivity contribution in [2.45, 2.75) is 19.9 Å². The number of aryl methyl sites for hydroxylation is 1. The fourth-order valence-corrected chi connectivity index (χ4v) is 4.16. The van der Waals surface area contributed by atoms with Crippen LogP contribution >= 0.6 is 0 Å². The van der Waals surface area contributed by atoms with Crippen molar-refractivity contribution < 1.29 is 28.6 Å². The average Bonchev–Trinajstić information content (AvgIpc) is 3.56. The van der Waals surface area contributed by atoms with Crippen LogP contribution in [0.2, 0.25) is 0 Å². The Morgan fingerprint density at radius 2 is 1.68 bits per heavy atom. The third-order valence-electron chi connectivity index (χ3n) is 6.17. The summed E-state index contributed by atoms with van der Waals surface area (Å²) in [6.07, 6.45) is 0.880. The molecule has 3 aromatic carbocycles. The Morgan fingerprint density at radius 1 is 0.921 bits per heavy atom. The van der Waals surface area contributed by atoms with E-state index in [-0.39, 0.29) is 19.0 Å². The number of aromatic nitrogens is 1. The lowest BCUT2D eigenvalue weighted by Crippen LogP contribution is -2.39. The zero-order chi connectivity index (χ0) is 26.6. The molecular formula is C28H26N4O6. The number of carbonyl (C=O) groups is 3. The molecule has 3 amide bonds. The number of ether oxygens (including phenoxy) is 3. The van der Waals surface area contributed by atoms with Crippen molar-refractivity contribution in [1.82, 2.24) is 9.99 Å². The summed E-state index contributed by atoms with van der Waals surface area (Å²) in [5.74, 6) is -0.662. The maximum atomic E-state index is 13.3. The Kier molecular flexibility index (Phi) is 6.86. The van der Waals surface area contributed by atoms with Crippen LogP contribution in [0.4, 0.5) is 5.69 Å². The standard InChI is InChI=1S/C28H26N4O6/c1-3-17-7-10-20(11-8-17)30-26(33)21-14-19-5-4-6-23(36-2)25(19)32(21)31-28(35)27(34)29-15-18-9-12-22-24(13-18)38-16-37-22/h4-14H,3,15-16H2,1-2H3,(H,29,34)(H,30,33)(H,31,35). The van der Waals surface area contributed by atoms with Gasteiger partial charge in [-0.25, -0.2) is 4.68 Å². The first-order chi connectivity index (χ1) is 18.5. The van der Waals surface area contributed by atoms with Gasteiger partial charge in [-0.15, -0.1) is 0 Å². The molecule has 0 fully saturated rings. The molecule has 3 N–H and O–H groups in total. The van der Waals surface area contributed by atoms with Crippen molar-refractivity contribution in [3.05, 3.63) is 83.6 Å². The van der Waals surface area contributed by atoms with E-state index < -0.39 is 17.7 Å². The minimum absolute atomic E-state index is 0.0970. The molecule has 0 saturated heterocycles. The molecule has 0 saturated carbocycles. The van der Waals surface area contributed by atoms with Crippen molar-refractivity contribution in [3.63, 3.8) is 0 Å². The van der Waals surface area contributed by atoms with E-state index in [0.717, 1.165) is 17.5 Å². The quantitative estimate of drug-likeness (QED) is 0.324. The number of methoxy groups -OCH3 is 1. The van der Waals surface area contributed by atoms with E-state index in [9.17, 15) is 14.4 Å². The molecule has 5 rings (SSSR count). The van der Waals surface area contributed by atoms with Gasteiger partial charge in [0.25, 0.3) is 5.91 Å². The predicted octanol–water partition coefficient (Wildman–Crippen LogP) is 3.58. The molecule has 2 heterocycles. The fraction of sp³-hybridized carbons (Fsp3) is 0.179. The van der Waals surface area contributed by atoms with Crippen molar-refractivity contribution in [3.8, 4) is 17.2 Å². The number of hydrogen-bond acceptors (Lipinski definition) is 6. The van der Waals surface area contributed by atoms with E-state index in [2.05, 4.69) is 16.1 Å². The number of nitrogens with one attached hydrogen (secondary N) is 3. The van der Waals surface area contributed by atoms with E-state index in [1.165, 1.54) is 11.8 Å². The minimum Gasteiger partial charge on any atom is -0.494 e. The molecule has 0 aliphatic carbocycles. The van der Waals surface area contributed by atoms with Gasteiger partial charge in [-0.05, 0) is 53.9 Å². The predicted molar refractivity (Wildman–Crippen MR) is 141 cm³/mol. The van der Waals surface area contributed by atoms with Gasteiger partial charge in [0.05, 0.1) is 7.11 Å². The van der Waals surface area contributed by atoms with Crippen LogP contribution in [0.1, 0.15) is 28.5 Å². The van der Waals surface area contributed by atoms with Crippen molar-refractivity contribution in [1.29, 1.82) is 0 Å². The van der Waals surface area contributed by atoms with E-state index in [0.29, 0.717) is 33.8 Å². The smallest absolute Gasteiger partial charge is 0.328 e. The lowest BCUT2D eigenvalue weighted by molar-refractivity contribution is -0.136. The van der Waals surface area contributed by atoms with Gasteiger partial charge in [0.15, 0.2) is 11.5 Å². The maximum Gasteiger partial charge on any atom is 0.328 e. The van der Waals surface area contributed by atoms with Crippen molar-refractivity contribution in [2.75, 3.05) is 24.6 Å². The molecule has 38 heavy (non-hydrogen) atoms. The number of nitrogens with zero attached hydrogens (tertiary/aromatic N) is 1. The van der Waals surface area contributed by atoms with E-state index in [1.54, 1.807) is 42.5 Å². The largest absolute Gasteiger partial charge is 0.494 e. The lowest BCUT2D eigenvalue weighted by atomic mass is 10.1. The van der Waals surface area contributed by atoms with Gasteiger partial charge in [0.1, 0.15) is 17.0 Å². The first-order valence-electron chi connectivity index (χ1n) is 12.0. The highest BCUT2D eigenvalue weighted by Gasteiger charge is 2.23. The maximum absolute atomic E-state index is 13.3. The van der Waals surface area contributed by atoms with E-state index >= 15 is 0 Å². The zero-order valence-electron chi connectivity index (χ0n) is 20.9. The van der Waals surface area contributed by atoms with Crippen LogP contribution in [0.3, 0.4) is 0 Å². The van der Waals surface area contributed by atoms with Gasteiger partial charge in [0, 0.05) is 17.6 Å². The SMILES string of the molecule is CCc1ccc(NC(=O)c2cc3cccc(OC)c3n2NC(=O)C(=O)NCc2ccc3c(c2)OCO3)cc1. The van der Waals surface area contributed by atoms with Crippen LogP contribution in [0.25, 0.3) is 10.9 Å². The molecule has 10 nitrogen and oxygen atoms in total. The van der Waals surface area contributed by atoms with Gasteiger partial charge in [-0.2, -0.15) is 0 Å². The topological polar surface area (TPSA) is 120 Å². The summed E-state index contributed by atoms with van der Waals surface area (Å²) < 4.78 is 17.4. The second kappa shape index (κ2) is 10.6. The normalized spacial score (nSPS) is 11.7. The number of anilines is 1. The molecule has 1 aliphatic rings. The van der Waals surface area contributed by atoms with Gasteiger partial charge >= 0.3 is 11.8 Å². The molecule has 0 atom stereocenters. The number of benzene rings is 3. The minimum atomic E-state index is -0.949. The van der Waals surface area contributed by atoms with E-state index in [1.807, 2.05) is 31.2 Å². The lowest BCUT2D eigenvalue weighted by Gasteiger charge is -2.14. The average molecular weight is 515 g/mol. The number of amides is 3. The number of hydrogen-bond donors (Lipinski definition) is 3. The van der Waals surface area contributed by atoms with Gasteiger partial charge < -0.3 is 24.8 Å². The second-order valence-electron chi connectivity index (χ2n) is 8.58.